The first-order valence-corrected chi connectivity index (χ1v) is 8.79. The van der Waals surface area contributed by atoms with Gasteiger partial charge in [-0.3, -0.25) is 10.1 Å². The van der Waals surface area contributed by atoms with Gasteiger partial charge < -0.3 is 5.73 Å². The molecular weight excluding hydrogens is 398 g/mol. The van der Waals surface area contributed by atoms with Crippen molar-refractivity contribution in [2.75, 3.05) is 0 Å². The number of nitrogens with zero attached hydrogens (tertiary/aromatic N) is 1. The summed E-state index contributed by atoms with van der Waals surface area (Å²) in [5, 5.41) is 11.0. The normalized spacial score (nSPS) is 21.9. The first-order chi connectivity index (χ1) is 9.79. The molecule has 1 aromatic rings. The van der Waals surface area contributed by atoms with E-state index < -0.39 is 20.6 Å². The Kier molecular flexibility index (Phi) is 6.75. The minimum Gasteiger partial charge on any atom is -0.328 e. The van der Waals surface area contributed by atoms with Crippen molar-refractivity contribution in [1.82, 2.24) is 4.72 Å². The van der Waals surface area contributed by atoms with E-state index in [1.54, 1.807) is 0 Å². The van der Waals surface area contributed by atoms with Gasteiger partial charge in [0.15, 0.2) is 4.90 Å². The van der Waals surface area contributed by atoms with E-state index in [1.807, 2.05) is 0 Å². The summed E-state index contributed by atoms with van der Waals surface area (Å²) in [5.41, 5.74) is 5.35. The Morgan fingerprint density at radius 1 is 1.27 bits per heavy atom. The van der Waals surface area contributed by atoms with Crippen LogP contribution in [0.25, 0.3) is 0 Å². The summed E-state index contributed by atoms with van der Waals surface area (Å²) in [6, 6.07) is 3.74. The average Bonchev–Trinajstić information content (AvgIpc) is 2.41. The van der Waals surface area contributed by atoms with Crippen molar-refractivity contribution < 1.29 is 13.3 Å². The lowest BCUT2D eigenvalue weighted by atomic mass is 9.93. The van der Waals surface area contributed by atoms with Gasteiger partial charge in [-0.25, -0.2) is 13.1 Å². The molecule has 0 amide bonds. The summed E-state index contributed by atoms with van der Waals surface area (Å²) in [6.45, 7) is 0. The number of halogens is 2. The van der Waals surface area contributed by atoms with Crippen LogP contribution in [0.1, 0.15) is 25.7 Å². The number of benzene rings is 1. The van der Waals surface area contributed by atoms with E-state index in [0.29, 0.717) is 17.3 Å². The summed E-state index contributed by atoms with van der Waals surface area (Å²) < 4.78 is 27.8. The Bertz CT molecular complexity index is 648. The van der Waals surface area contributed by atoms with Crippen molar-refractivity contribution in [2.24, 2.45) is 5.73 Å². The number of nitrogens with two attached hydrogens (primary N) is 1. The lowest BCUT2D eigenvalue weighted by Crippen LogP contribution is -2.40. The first-order valence-electron chi connectivity index (χ1n) is 6.51. The zero-order valence-corrected chi connectivity index (χ0v) is 14.8. The van der Waals surface area contributed by atoms with Crippen LogP contribution in [0.4, 0.5) is 5.69 Å². The molecule has 1 fully saturated rings. The Labute approximate surface area is 143 Å². The summed E-state index contributed by atoms with van der Waals surface area (Å²) in [5.74, 6) is 0. The molecule has 0 unspecified atom stereocenters. The second-order valence-electron chi connectivity index (χ2n) is 5.10. The first kappa shape index (κ1) is 19.3. The fourth-order valence-corrected chi connectivity index (χ4v) is 4.39. The minimum absolute atomic E-state index is 0. The molecule has 1 aromatic carbocycles. The maximum absolute atomic E-state index is 12.4. The second kappa shape index (κ2) is 7.69. The van der Waals surface area contributed by atoms with Gasteiger partial charge >= 0.3 is 0 Å². The van der Waals surface area contributed by atoms with Crippen LogP contribution in [-0.2, 0) is 10.0 Å². The van der Waals surface area contributed by atoms with Crippen LogP contribution in [0.15, 0.2) is 27.6 Å². The van der Waals surface area contributed by atoms with E-state index in [2.05, 4.69) is 20.7 Å². The number of nitro benzene ring substituents is 1. The van der Waals surface area contributed by atoms with Gasteiger partial charge in [-0.2, -0.15) is 0 Å². The van der Waals surface area contributed by atoms with Gasteiger partial charge in [0.2, 0.25) is 10.0 Å². The molecule has 0 radical (unpaired) electrons. The fourth-order valence-electron chi connectivity index (χ4n) is 2.37. The van der Waals surface area contributed by atoms with Crippen LogP contribution >= 0.6 is 28.3 Å². The number of sulfonamides is 1. The molecule has 7 nitrogen and oxygen atoms in total. The van der Waals surface area contributed by atoms with Gasteiger partial charge in [-0.05, 0) is 37.8 Å². The molecule has 0 saturated heterocycles. The molecular formula is C12H17BrClN3O4S. The van der Waals surface area contributed by atoms with E-state index in [4.69, 9.17) is 5.73 Å². The quantitative estimate of drug-likeness (QED) is 0.579. The zero-order valence-electron chi connectivity index (χ0n) is 11.6. The maximum atomic E-state index is 12.4. The molecule has 0 spiro atoms. The van der Waals surface area contributed by atoms with Crippen molar-refractivity contribution in [3.63, 3.8) is 0 Å². The van der Waals surface area contributed by atoms with Crippen LogP contribution < -0.4 is 10.5 Å². The van der Waals surface area contributed by atoms with E-state index in [9.17, 15) is 18.5 Å². The smallest absolute Gasteiger partial charge is 0.289 e. The Morgan fingerprint density at radius 3 is 2.41 bits per heavy atom. The van der Waals surface area contributed by atoms with Crippen molar-refractivity contribution in [3.05, 3.63) is 32.8 Å². The van der Waals surface area contributed by atoms with Crippen LogP contribution in [0.2, 0.25) is 0 Å². The molecule has 0 bridgehead atoms. The number of nitrogens with one attached hydrogen (secondary N) is 1. The van der Waals surface area contributed by atoms with Crippen molar-refractivity contribution in [3.8, 4) is 0 Å². The molecule has 22 heavy (non-hydrogen) atoms. The monoisotopic (exact) mass is 413 g/mol. The van der Waals surface area contributed by atoms with Gasteiger partial charge in [0, 0.05) is 22.6 Å². The third-order valence-corrected chi connectivity index (χ3v) is 5.54. The molecule has 10 heteroatoms. The van der Waals surface area contributed by atoms with E-state index in [1.165, 1.54) is 18.2 Å². The Balaban J connectivity index is 0.00000242. The van der Waals surface area contributed by atoms with Crippen molar-refractivity contribution >= 4 is 44.0 Å². The highest BCUT2D eigenvalue weighted by Crippen LogP contribution is 2.28. The van der Waals surface area contributed by atoms with Crippen LogP contribution in [0.5, 0.6) is 0 Å². The Hall–Kier alpha value is -0.740. The molecule has 2 rings (SSSR count). The van der Waals surface area contributed by atoms with Crippen molar-refractivity contribution in [2.45, 2.75) is 42.7 Å². The average molecular weight is 415 g/mol. The molecule has 0 heterocycles. The van der Waals surface area contributed by atoms with Gasteiger partial charge in [0.1, 0.15) is 0 Å². The fraction of sp³-hybridized carbons (Fsp3) is 0.500. The molecule has 1 aliphatic rings. The topological polar surface area (TPSA) is 115 Å². The summed E-state index contributed by atoms with van der Waals surface area (Å²) in [4.78, 5) is 9.98. The lowest BCUT2D eigenvalue weighted by molar-refractivity contribution is -0.387. The molecule has 1 aliphatic carbocycles. The minimum atomic E-state index is -3.94. The summed E-state index contributed by atoms with van der Waals surface area (Å²) in [6.07, 6.45) is 2.77. The standard InChI is InChI=1S/C12H16BrN3O4S.ClH/c13-8-1-6-11(16(17)18)12(7-8)21(19,20)15-10-4-2-9(14)3-5-10;/h1,6-7,9-10,15H,2-5,14H2;1H. The molecule has 3 N–H and O–H groups in total. The largest absolute Gasteiger partial charge is 0.328 e. The predicted molar refractivity (Wildman–Crippen MR) is 88.6 cm³/mol. The number of rotatable bonds is 4. The molecule has 1 saturated carbocycles. The molecule has 0 atom stereocenters. The van der Waals surface area contributed by atoms with E-state index in [0.717, 1.165) is 12.8 Å². The van der Waals surface area contributed by atoms with Gasteiger partial charge in [0.05, 0.1) is 4.92 Å². The highest BCUT2D eigenvalue weighted by atomic mass is 79.9. The second-order valence-corrected chi connectivity index (χ2v) is 7.70. The van der Waals surface area contributed by atoms with Gasteiger partial charge in [-0.15, -0.1) is 12.4 Å². The highest BCUT2D eigenvalue weighted by Gasteiger charge is 2.29. The molecule has 124 valence electrons. The predicted octanol–water partition coefficient (Wildman–Crippen LogP) is 2.33. The van der Waals surface area contributed by atoms with Crippen LogP contribution in [0.3, 0.4) is 0 Å². The third kappa shape index (κ3) is 4.63. The lowest BCUT2D eigenvalue weighted by Gasteiger charge is -2.26. The molecule has 0 aromatic heterocycles. The van der Waals surface area contributed by atoms with E-state index in [-0.39, 0.29) is 29.4 Å². The third-order valence-electron chi connectivity index (χ3n) is 3.50. The highest BCUT2D eigenvalue weighted by molar-refractivity contribution is 9.10. The SMILES string of the molecule is Cl.NC1CCC(NS(=O)(=O)c2cc(Br)ccc2[N+](=O)[O-])CC1. The van der Waals surface area contributed by atoms with Crippen molar-refractivity contribution in [1.29, 1.82) is 0 Å². The zero-order chi connectivity index (χ0) is 15.6. The summed E-state index contributed by atoms with van der Waals surface area (Å²) >= 11 is 3.14. The maximum Gasteiger partial charge on any atom is 0.289 e. The van der Waals surface area contributed by atoms with Crippen LogP contribution in [0, 0.1) is 10.1 Å². The number of nitro groups is 1. The van der Waals surface area contributed by atoms with Crippen LogP contribution in [-0.4, -0.2) is 25.4 Å². The van der Waals surface area contributed by atoms with Gasteiger partial charge in [0.25, 0.3) is 5.69 Å². The summed E-state index contributed by atoms with van der Waals surface area (Å²) in [7, 11) is -3.94. The Morgan fingerprint density at radius 2 is 1.86 bits per heavy atom. The van der Waals surface area contributed by atoms with E-state index >= 15 is 0 Å². The molecule has 0 aliphatic heterocycles. The van der Waals surface area contributed by atoms with Gasteiger partial charge in [-0.1, -0.05) is 15.9 Å². The number of hydrogen-bond donors (Lipinski definition) is 2. The number of hydrogen-bond acceptors (Lipinski definition) is 5.